The van der Waals surface area contributed by atoms with Crippen molar-refractivity contribution in [2.24, 2.45) is 7.05 Å². The van der Waals surface area contributed by atoms with Gasteiger partial charge in [0.15, 0.2) is 10.9 Å². The van der Waals surface area contributed by atoms with Crippen LogP contribution in [0.5, 0.6) is 0 Å². The van der Waals surface area contributed by atoms with Gasteiger partial charge in [-0.15, -0.1) is 0 Å². The maximum atomic E-state index is 12.2. The maximum absolute atomic E-state index is 12.2. The van der Waals surface area contributed by atoms with Crippen molar-refractivity contribution in [2.45, 2.75) is 17.9 Å². The van der Waals surface area contributed by atoms with E-state index in [0.717, 1.165) is 12.8 Å². The molecule has 2 heterocycles. The van der Waals surface area contributed by atoms with Crippen molar-refractivity contribution < 1.29 is 5.11 Å². The van der Waals surface area contributed by atoms with Crippen molar-refractivity contribution in [3.63, 3.8) is 0 Å². The molecule has 0 aromatic carbocycles. The summed E-state index contributed by atoms with van der Waals surface area (Å²) in [6, 6.07) is 0. The Morgan fingerprint density at radius 2 is 2.11 bits per heavy atom. The molecule has 1 unspecified atom stereocenters. The first-order valence-corrected chi connectivity index (χ1v) is 7.01. The molecule has 1 aromatic rings. The van der Waals surface area contributed by atoms with E-state index in [9.17, 15) is 4.79 Å². The highest BCUT2D eigenvalue weighted by Gasteiger charge is 2.36. The van der Waals surface area contributed by atoms with Crippen LogP contribution in [-0.4, -0.2) is 39.9 Å². The largest absolute Gasteiger partial charge is 0.396 e. The van der Waals surface area contributed by atoms with Crippen molar-refractivity contribution in [3.8, 4) is 0 Å². The van der Waals surface area contributed by atoms with Crippen LogP contribution in [0.4, 0.5) is 17.5 Å². The fourth-order valence-electron chi connectivity index (χ4n) is 2.13. The topological polar surface area (TPSA) is 87.6 Å². The van der Waals surface area contributed by atoms with Crippen LogP contribution < -0.4 is 21.1 Å². The first-order valence-electron chi connectivity index (χ1n) is 6.10. The Balaban J connectivity index is 2.40. The van der Waals surface area contributed by atoms with Gasteiger partial charge in [0, 0.05) is 27.2 Å². The molecule has 1 atom stereocenters. The number of halogens is 1. The summed E-state index contributed by atoms with van der Waals surface area (Å²) in [6.07, 6.45) is 1.54. The lowest BCUT2D eigenvalue weighted by Gasteiger charge is -2.24. The first-order chi connectivity index (χ1) is 8.99. The number of hydrogen-bond acceptors (Lipinski definition) is 6. The van der Waals surface area contributed by atoms with Crippen molar-refractivity contribution >= 4 is 33.4 Å². The van der Waals surface area contributed by atoms with Gasteiger partial charge in [-0.25, -0.2) is 0 Å². The van der Waals surface area contributed by atoms with Gasteiger partial charge in [-0.3, -0.25) is 9.36 Å². The van der Waals surface area contributed by atoms with E-state index in [1.165, 1.54) is 4.57 Å². The monoisotopic (exact) mass is 331 g/mol. The van der Waals surface area contributed by atoms with Gasteiger partial charge in [-0.2, -0.15) is 4.98 Å². The number of fused-ring (bicyclic) bond motifs is 1. The van der Waals surface area contributed by atoms with Crippen LogP contribution >= 0.6 is 15.9 Å². The van der Waals surface area contributed by atoms with Crippen LogP contribution in [0.3, 0.4) is 0 Å². The Morgan fingerprint density at radius 1 is 1.42 bits per heavy atom. The maximum Gasteiger partial charge on any atom is 0.280 e. The Labute approximate surface area is 119 Å². The number of nitrogens with two attached hydrogens (primary N) is 1. The molecule has 0 fully saturated rings. The highest BCUT2D eigenvalue weighted by molar-refractivity contribution is 9.09. The van der Waals surface area contributed by atoms with Gasteiger partial charge in [0.05, 0.1) is 0 Å². The summed E-state index contributed by atoms with van der Waals surface area (Å²) >= 11 is 3.55. The molecule has 1 aromatic heterocycles. The van der Waals surface area contributed by atoms with Crippen molar-refractivity contribution in [2.75, 3.05) is 35.7 Å². The second-order valence-electron chi connectivity index (χ2n) is 4.55. The standard InChI is InChI=1S/C11H18BrN5O2/c1-15-7-8(14-11(13)16(2)9(7)19)17(10(15)12)5-3-4-6-18/h10,18H,3-6H2,1-2H3,(H2,13,14). The molecular formula is C11H18BrN5O2. The summed E-state index contributed by atoms with van der Waals surface area (Å²) in [6.45, 7) is 0.864. The summed E-state index contributed by atoms with van der Waals surface area (Å²) in [7, 11) is 3.44. The summed E-state index contributed by atoms with van der Waals surface area (Å²) < 4.78 is 1.34. The fourth-order valence-corrected chi connectivity index (χ4v) is 2.73. The van der Waals surface area contributed by atoms with E-state index in [-0.39, 0.29) is 23.2 Å². The number of aromatic nitrogens is 2. The Hall–Kier alpha value is -1.28. The zero-order valence-electron chi connectivity index (χ0n) is 11.0. The number of aliphatic hydroxyl groups excluding tert-OH is 1. The van der Waals surface area contributed by atoms with Crippen LogP contribution in [0.25, 0.3) is 0 Å². The molecule has 0 amide bonds. The van der Waals surface area contributed by atoms with Gasteiger partial charge in [-0.05, 0) is 28.8 Å². The zero-order chi connectivity index (χ0) is 14.2. The Morgan fingerprint density at radius 3 is 2.74 bits per heavy atom. The summed E-state index contributed by atoms with van der Waals surface area (Å²) in [5.41, 5.74) is 6.14. The predicted molar refractivity (Wildman–Crippen MR) is 78.7 cm³/mol. The van der Waals surface area contributed by atoms with E-state index in [1.807, 2.05) is 16.8 Å². The minimum Gasteiger partial charge on any atom is -0.396 e. The van der Waals surface area contributed by atoms with Gasteiger partial charge in [0.2, 0.25) is 5.95 Å². The van der Waals surface area contributed by atoms with Crippen molar-refractivity contribution in [3.05, 3.63) is 10.4 Å². The van der Waals surface area contributed by atoms with Crippen LogP contribution in [0.15, 0.2) is 4.79 Å². The van der Waals surface area contributed by atoms with Crippen LogP contribution in [-0.2, 0) is 7.05 Å². The van der Waals surface area contributed by atoms with Crippen LogP contribution in [0.1, 0.15) is 12.8 Å². The second-order valence-corrected chi connectivity index (χ2v) is 5.37. The molecule has 1 aliphatic heterocycles. The van der Waals surface area contributed by atoms with E-state index in [1.54, 1.807) is 7.05 Å². The number of nitrogens with zero attached hydrogens (tertiary/aromatic N) is 4. The number of anilines is 3. The Kier molecular flexibility index (Phi) is 4.00. The molecule has 7 nitrogen and oxygen atoms in total. The fraction of sp³-hybridized carbons (Fsp3) is 0.636. The van der Waals surface area contributed by atoms with Crippen molar-refractivity contribution in [1.29, 1.82) is 0 Å². The molecule has 0 saturated heterocycles. The van der Waals surface area contributed by atoms with Crippen molar-refractivity contribution in [1.82, 2.24) is 9.55 Å². The van der Waals surface area contributed by atoms with Gasteiger partial charge >= 0.3 is 0 Å². The molecule has 2 rings (SSSR count). The average molecular weight is 332 g/mol. The van der Waals surface area contributed by atoms with E-state index < -0.39 is 0 Å². The SMILES string of the molecule is CN1c2c(nc(N)n(C)c2=O)N(CCCCO)C1Br. The summed E-state index contributed by atoms with van der Waals surface area (Å²) in [5, 5.41) is 8.73. The zero-order valence-corrected chi connectivity index (χ0v) is 12.6. The smallest absolute Gasteiger partial charge is 0.280 e. The van der Waals surface area contributed by atoms with Crippen LogP contribution in [0.2, 0.25) is 0 Å². The molecule has 19 heavy (non-hydrogen) atoms. The molecule has 0 aliphatic carbocycles. The average Bonchev–Trinajstić information content (AvgIpc) is 2.61. The number of rotatable bonds is 4. The molecule has 0 radical (unpaired) electrons. The van der Waals surface area contributed by atoms with Crippen LogP contribution in [0, 0.1) is 0 Å². The van der Waals surface area contributed by atoms with Gasteiger partial charge in [0.1, 0.15) is 5.69 Å². The second kappa shape index (κ2) is 5.38. The lowest BCUT2D eigenvalue weighted by atomic mass is 10.3. The predicted octanol–water partition coefficient (Wildman–Crippen LogP) is 0.0697. The number of alkyl halides is 1. The Bertz CT molecular complexity index is 533. The van der Waals surface area contributed by atoms with E-state index in [2.05, 4.69) is 20.9 Å². The number of hydrogen-bond donors (Lipinski definition) is 2. The lowest BCUT2D eigenvalue weighted by Crippen LogP contribution is -2.37. The molecule has 1 aliphatic rings. The van der Waals surface area contributed by atoms with Gasteiger partial charge in [-0.1, -0.05) is 0 Å². The minimum absolute atomic E-state index is 0.122. The molecule has 0 saturated carbocycles. The highest BCUT2D eigenvalue weighted by Crippen LogP contribution is 2.37. The third kappa shape index (κ3) is 2.30. The third-order valence-corrected chi connectivity index (χ3v) is 4.40. The number of nitrogen functional groups attached to an aromatic ring is 1. The minimum atomic E-state index is -0.154. The molecule has 0 spiro atoms. The molecular weight excluding hydrogens is 314 g/mol. The number of unbranched alkanes of at least 4 members (excludes halogenated alkanes) is 1. The molecule has 0 bridgehead atoms. The summed E-state index contributed by atoms with van der Waals surface area (Å²) in [5.74, 6) is 0.800. The third-order valence-electron chi connectivity index (χ3n) is 3.29. The molecule has 8 heteroatoms. The first kappa shape index (κ1) is 14.1. The highest BCUT2D eigenvalue weighted by atomic mass is 79.9. The van der Waals surface area contributed by atoms with E-state index >= 15 is 0 Å². The van der Waals surface area contributed by atoms with Gasteiger partial charge < -0.3 is 20.6 Å². The normalized spacial score (nSPS) is 18.0. The quantitative estimate of drug-likeness (QED) is 0.461. The van der Waals surface area contributed by atoms with Gasteiger partial charge in [0.25, 0.3) is 5.56 Å². The van der Waals surface area contributed by atoms with E-state index in [4.69, 9.17) is 10.8 Å². The molecule has 3 N–H and O–H groups in total. The summed E-state index contributed by atoms with van der Waals surface area (Å²) in [4.78, 5) is 20.3. The number of aliphatic hydroxyl groups is 1. The lowest BCUT2D eigenvalue weighted by molar-refractivity contribution is 0.285. The van der Waals surface area contributed by atoms with E-state index in [0.29, 0.717) is 18.1 Å². The molecule has 106 valence electrons.